The molecule has 1 atom stereocenters. The maximum absolute atomic E-state index is 13.8. The molecule has 1 aromatic carbocycles. The molecule has 0 spiro atoms. The van der Waals surface area contributed by atoms with Gasteiger partial charge in [0, 0.05) is 30.9 Å². The average Bonchev–Trinajstić information content (AvgIpc) is 2.91. The Kier molecular flexibility index (Phi) is 5.09. The summed E-state index contributed by atoms with van der Waals surface area (Å²) in [7, 11) is 1.96. The second-order valence-corrected chi connectivity index (χ2v) is 5.58. The minimum absolute atomic E-state index is 0.00880. The van der Waals surface area contributed by atoms with E-state index >= 15 is 0 Å². The number of likely N-dealkylation sites (N-methyl/N-ethyl adjacent to an activating group) is 1. The Hall–Kier alpha value is -1.72. The van der Waals surface area contributed by atoms with Crippen LogP contribution < -0.4 is 5.73 Å². The van der Waals surface area contributed by atoms with E-state index in [0.717, 1.165) is 5.69 Å². The molecule has 1 aromatic heterocycles. The van der Waals surface area contributed by atoms with Gasteiger partial charge in [-0.3, -0.25) is 4.90 Å². The van der Waals surface area contributed by atoms with Crippen molar-refractivity contribution >= 4 is 0 Å². The molecule has 4 nitrogen and oxygen atoms in total. The van der Waals surface area contributed by atoms with Crippen molar-refractivity contribution in [2.24, 2.45) is 5.73 Å². The zero-order chi connectivity index (χ0) is 15.4. The lowest BCUT2D eigenvalue weighted by Crippen LogP contribution is -2.32. The van der Waals surface area contributed by atoms with E-state index in [-0.39, 0.29) is 11.9 Å². The number of aromatic nitrogens is 2. The Balaban J connectivity index is 2.21. The summed E-state index contributed by atoms with van der Waals surface area (Å²) < 4.78 is 15.9. The van der Waals surface area contributed by atoms with Crippen molar-refractivity contribution in [2.45, 2.75) is 32.5 Å². The van der Waals surface area contributed by atoms with Crippen molar-refractivity contribution in [1.29, 1.82) is 0 Å². The van der Waals surface area contributed by atoms with E-state index in [4.69, 9.17) is 5.73 Å². The van der Waals surface area contributed by atoms with Crippen molar-refractivity contribution in [3.8, 4) is 0 Å². The third-order valence-electron chi connectivity index (χ3n) is 3.73. The molecule has 5 heteroatoms. The Morgan fingerprint density at radius 3 is 2.67 bits per heavy atom. The molecule has 0 saturated heterocycles. The van der Waals surface area contributed by atoms with Gasteiger partial charge in [0.2, 0.25) is 0 Å². The van der Waals surface area contributed by atoms with Crippen LogP contribution in [0, 0.1) is 5.82 Å². The van der Waals surface area contributed by atoms with Gasteiger partial charge in [-0.15, -0.1) is 0 Å². The Morgan fingerprint density at radius 2 is 2.05 bits per heavy atom. The minimum Gasteiger partial charge on any atom is -0.331 e. The van der Waals surface area contributed by atoms with Gasteiger partial charge in [-0.1, -0.05) is 18.2 Å². The summed E-state index contributed by atoms with van der Waals surface area (Å²) in [6, 6.07) is 7.17. The molecule has 0 radical (unpaired) electrons. The van der Waals surface area contributed by atoms with Gasteiger partial charge in [0.05, 0.1) is 18.1 Å². The van der Waals surface area contributed by atoms with E-state index in [0.29, 0.717) is 24.7 Å². The molecule has 1 unspecified atom stereocenters. The monoisotopic (exact) mass is 290 g/mol. The minimum atomic E-state index is -0.183. The number of imidazole rings is 1. The third-order valence-corrected chi connectivity index (χ3v) is 3.73. The summed E-state index contributed by atoms with van der Waals surface area (Å²) in [6.45, 7) is 5.19. The number of nitrogens with two attached hydrogens (primary N) is 1. The predicted octanol–water partition coefficient (Wildman–Crippen LogP) is 2.73. The standard InChI is InChI=1S/C16H23FN4/c1-12(2)21-11-19-9-16(21)15(8-18)20(3)10-13-6-4-5-7-14(13)17/h4-7,9,11-12,15H,8,10,18H2,1-3H3. The largest absolute Gasteiger partial charge is 0.331 e. The SMILES string of the molecule is CC(C)n1cncc1C(CN)N(C)Cc1ccccc1F. The van der Waals surface area contributed by atoms with Gasteiger partial charge in [0.1, 0.15) is 5.82 Å². The van der Waals surface area contributed by atoms with Crippen molar-refractivity contribution < 1.29 is 4.39 Å². The highest BCUT2D eigenvalue weighted by Crippen LogP contribution is 2.23. The lowest BCUT2D eigenvalue weighted by atomic mass is 10.1. The predicted molar refractivity (Wildman–Crippen MR) is 82.3 cm³/mol. The molecule has 0 fully saturated rings. The third kappa shape index (κ3) is 3.49. The van der Waals surface area contributed by atoms with Crippen molar-refractivity contribution in [3.05, 3.63) is 53.9 Å². The van der Waals surface area contributed by atoms with Gasteiger partial charge >= 0.3 is 0 Å². The first-order chi connectivity index (χ1) is 10.0. The fraction of sp³-hybridized carbons (Fsp3) is 0.438. The average molecular weight is 290 g/mol. The number of hydrogen-bond donors (Lipinski definition) is 1. The van der Waals surface area contributed by atoms with E-state index < -0.39 is 0 Å². The van der Waals surface area contributed by atoms with Crippen LogP contribution in [-0.2, 0) is 6.54 Å². The molecule has 2 rings (SSSR count). The van der Waals surface area contributed by atoms with Crippen LogP contribution in [0.25, 0.3) is 0 Å². The molecule has 2 N–H and O–H groups in total. The van der Waals surface area contributed by atoms with Crippen molar-refractivity contribution in [3.63, 3.8) is 0 Å². The quantitative estimate of drug-likeness (QED) is 0.890. The second-order valence-electron chi connectivity index (χ2n) is 5.58. The number of hydrogen-bond acceptors (Lipinski definition) is 3. The van der Waals surface area contributed by atoms with E-state index in [1.54, 1.807) is 12.1 Å². The maximum Gasteiger partial charge on any atom is 0.127 e. The molecule has 0 aliphatic carbocycles. The molecule has 1 heterocycles. The van der Waals surface area contributed by atoms with Crippen LogP contribution in [0.3, 0.4) is 0 Å². The number of halogens is 1. The molecule has 2 aromatic rings. The van der Waals surface area contributed by atoms with E-state index in [1.165, 1.54) is 6.07 Å². The molecule has 0 saturated carbocycles. The van der Waals surface area contributed by atoms with Gasteiger partial charge in [-0.2, -0.15) is 0 Å². The van der Waals surface area contributed by atoms with Gasteiger partial charge in [0.15, 0.2) is 0 Å². The lowest BCUT2D eigenvalue weighted by Gasteiger charge is -2.28. The highest BCUT2D eigenvalue weighted by molar-refractivity contribution is 5.18. The van der Waals surface area contributed by atoms with Crippen LogP contribution in [0.4, 0.5) is 4.39 Å². The highest BCUT2D eigenvalue weighted by atomic mass is 19.1. The van der Waals surface area contributed by atoms with Crippen LogP contribution in [0.15, 0.2) is 36.8 Å². The van der Waals surface area contributed by atoms with Gasteiger partial charge in [0.25, 0.3) is 0 Å². The van der Waals surface area contributed by atoms with Crippen LogP contribution in [0.5, 0.6) is 0 Å². The van der Waals surface area contributed by atoms with E-state index in [2.05, 4.69) is 28.3 Å². The molecule has 0 bridgehead atoms. The fourth-order valence-electron chi connectivity index (χ4n) is 2.54. The summed E-state index contributed by atoms with van der Waals surface area (Å²) in [5.74, 6) is -0.183. The Bertz CT molecular complexity index is 579. The normalized spacial score (nSPS) is 13.1. The molecule has 0 aliphatic rings. The van der Waals surface area contributed by atoms with Crippen LogP contribution >= 0.6 is 0 Å². The van der Waals surface area contributed by atoms with Crippen LogP contribution in [-0.4, -0.2) is 28.0 Å². The Morgan fingerprint density at radius 1 is 1.33 bits per heavy atom. The first kappa shape index (κ1) is 15.7. The molecule has 0 aliphatic heterocycles. The fourth-order valence-corrected chi connectivity index (χ4v) is 2.54. The van der Waals surface area contributed by atoms with Crippen LogP contribution in [0.1, 0.15) is 37.2 Å². The molecule has 21 heavy (non-hydrogen) atoms. The summed E-state index contributed by atoms with van der Waals surface area (Å²) in [5.41, 5.74) is 7.69. The smallest absolute Gasteiger partial charge is 0.127 e. The maximum atomic E-state index is 13.8. The zero-order valence-electron chi connectivity index (χ0n) is 12.8. The molecular formula is C16H23FN4. The number of benzene rings is 1. The van der Waals surface area contributed by atoms with Crippen molar-refractivity contribution in [2.75, 3.05) is 13.6 Å². The van der Waals surface area contributed by atoms with Crippen LogP contribution in [0.2, 0.25) is 0 Å². The number of nitrogens with zero attached hydrogens (tertiary/aromatic N) is 3. The first-order valence-corrected chi connectivity index (χ1v) is 7.20. The Labute approximate surface area is 125 Å². The summed E-state index contributed by atoms with van der Waals surface area (Å²) in [4.78, 5) is 6.29. The second kappa shape index (κ2) is 6.83. The molecule has 114 valence electrons. The summed E-state index contributed by atoms with van der Waals surface area (Å²) in [6.07, 6.45) is 3.66. The van der Waals surface area contributed by atoms with Gasteiger partial charge < -0.3 is 10.3 Å². The lowest BCUT2D eigenvalue weighted by molar-refractivity contribution is 0.227. The molecular weight excluding hydrogens is 267 g/mol. The van der Waals surface area contributed by atoms with Crippen molar-refractivity contribution in [1.82, 2.24) is 14.5 Å². The topological polar surface area (TPSA) is 47.1 Å². The van der Waals surface area contributed by atoms with E-state index in [1.807, 2.05) is 25.6 Å². The summed E-state index contributed by atoms with van der Waals surface area (Å²) in [5, 5.41) is 0. The summed E-state index contributed by atoms with van der Waals surface area (Å²) >= 11 is 0. The number of rotatable bonds is 6. The molecule has 0 amide bonds. The highest BCUT2D eigenvalue weighted by Gasteiger charge is 2.21. The zero-order valence-corrected chi connectivity index (χ0v) is 12.8. The van der Waals surface area contributed by atoms with E-state index in [9.17, 15) is 4.39 Å². The van der Waals surface area contributed by atoms with Gasteiger partial charge in [-0.25, -0.2) is 9.37 Å². The van der Waals surface area contributed by atoms with Gasteiger partial charge in [-0.05, 0) is 27.0 Å². The first-order valence-electron chi connectivity index (χ1n) is 7.20.